The van der Waals surface area contributed by atoms with Crippen LogP contribution in [0.5, 0.6) is 0 Å². The van der Waals surface area contributed by atoms with Gasteiger partial charge in [-0.3, -0.25) is 0 Å². The van der Waals surface area contributed by atoms with Crippen LogP contribution in [0.3, 0.4) is 0 Å². The average molecular weight is 1220 g/mol. The highest BCUT2D eigenvalue weighted by Crippen LogP contribution is 2.79. The van der Waals surface area contributed by atoms with Gasteiger partial charge in [-0.05, 0) is 84.4 Å². The van der Waals surface area contributed by atoms with Crippen molar-refractivity contribution in [3.8, 4) is 0 Å². The summed E-state index contributed by atoms with van der Waals surface area (Å²) in [6.45, 7) is 12.2. The van der Waals surface area contributed by atoms with E-state index >= 15 is 0 Å². The molecule has 0 spiro atoms. The first kappa shape index (κ1) is 65.2. The van der Waals surface area contributed by atoms with Crippen LogP contribution in [0.2, 0.25) is 0 Å². The molecule has 6 saturated heterocycles. The van der Waals surface area contributed by atoms with E-state index in [-0.39, 0.29) is 46.7 Å². The highest BCUT2D eigenvalue weighted by molar-refractivity contribution is 5.41. The van der Waals surface area contributed by atoms with Crippen LogP contribution >= 0.6 is 0 Å². The van der Waals surface area contributed by atoms with Crippen LogP contribution in [0.1, 0.15) is 93.4 Å². The van der Waals surface area contributed by atoms with Gasteiger partial charge in [0.2, 0.25) is 0 Å². The fourth-order valence-electron chi connectivity index (χ4n) is 18.2. The van der Waals surface area contributed by atoms with E-state index in [0.717, 1.165) is 19.3 Å². The minimum atomic E-state index is -1.92. The second-order valence-corrected chi connectivity index (χ2v) is 28.6. The minimum absolute atomic E-state index is 0.0448. The fraction of sp³-hybridized carbons (Fsp3) is 0.966. The summed E-state index contributed by atoms with van der Waals surface area (Å²) < 4.78 is 68.4. The Kier molecular flexibility index (Phi) is 18.1. The summed E-state index contributed by atoms with van der Waals surface area (Å²) >= 11 is 0. The maximum Gasteiger partial charge on any atom is 0.187 e. The maximum absolute atomic E-state index is 12.4. The van der Waals surface area contributed by atoms with Gasteiger partial charge in [0, 0.05) is 5.41 Å². The van der Waals surface area contributed by atoms with Crippen molar-refractivity contribution in [3.63, 3.8) is 0 Å². The minimum Gasteiger partial charge on any atom is -0.396 e. The first-order chi connectivity index (χ1) is 40.0. The molecule has 0 aromatic heterocycles. The van der Waals surface area contributed by atoms with Gasteiger partial charge in [-0.25, -0.2) is 0 Å². The van der Waals surface area contributed by atoms with E-state index in [1.807, 2.05) is 0 Å². The molecule has 0 aromatic carbocycles. The van der Waals surface area contributed by atoms with E-state index < -0.39 is 209 Å². The Hall–Kier alpha value is -1.34. The second-order valence-electron chi connectivity index (χ2n) is 28.6. The zero-order valence-corrected chi connectivity index (χ0v) is 49.2. The molecule has 4 saturated carbocycles. The van der Waals surface area contributed by atoms with E-state index in [1.165, 1.54) is 5.57 Å². The van der Waals surface area contributed by atoms with Crippen LogP contribution in [0.15, 0.2) is 11.6 Å². The lowest BCUT2D eigenvalue weighted by Gasteiger charge is -2.71. The van der Waals surface area contributed by atoms with Gasteiger partial charge >= 0.3 is 0 Å². The van der Waals surface area contributed by atoms with Gasteiger partial charge in [-0.2, -0.15) is 0 Å². The lowest BCUT2D eigenvalue weighted by atomic mass is 9.33. The molecule has 6 heterocycles. The molecule has 16 N–H and O–H groups in total. The maximum atomic E-state index is 12.4. The molecule has 85 heavy (non-hydrogen) atoms. The van der Waals surface area contributed by atoms with Crippen molar-refractivity contribution in [3.05, 3.63) is 11.6 Å². The van der Waals surface area contributed by atoms with Crippen LogP contribution in [0.4, 0.5) is 0 Å². The molecule has 27 heteroatoms. The number of rotatable bonds is 14. The van der Waals surface area contributed by atoms with E-state index in [0.29, 0.717) is 25.7 Å². The number of hydrogen-bond acceptors (Lipinski definition) is 27. The van der Waals surface area contributed by atoms with E-state index in [9.17, 15) is 81.7 Å². The molecular formula is C58H94O27. The molecular weight excluding hydrogens is 1130 g/mol. The number of epoxide rings is 1. The van der Waals surface area contributed by atoms with Crippen LogP contribution < -0.4 is 0 Å². The van der Waals surface area contributed by atoms with E-state index in [4.69, 9.17) is 52.1 Å². The highest BCUT2D eigenvalue weighted by atomic mass is 16.8. The predicted octanol–water partition coefficient (Wildman–Crippen LogP) is -4.50. The number of fused-ring (bicyclic) bond motifs is 10. The molecule has 1 unspecified atom stereocenters. The third kappa shape index (κ3) is 10.4. The summed E-state index contributed by atoms with van der Waals surface area (Å²) in [5.74, 6) is -0.0292. The number of ether oxygens (including phenoxy) is 11. The standard InChI is InChI=1S/C58H94O27/c1-53(2)14-23-22-8-9-30-55(5)12-11-31(54(3,4)29(55)10-13-56(30,6)57(22,7)46-47(85-46)58(23,21-62)32(15-53)82-49-42(73)38(69)34(65)25(16-59)77-49)81-51-44(84-50-43(74)39(70)35(66)26(17-60)78-50)37(68)28(20-76-51)80-52-45(40(71)36(67)27(18-61)79-52)83-48-41(72)33(64)24(63)19-75-48/h8,23-52,59-74H,9-21H2,1-7H3/t23?,24-,25+,26+,27+,28+,29-,30+,31-,32-,33-,34+,35+,36+,37-,38-,39-,40-,41+,42+,43+,44+,45+,46-,47+,48-,49-,50-,51-,52-,55-,56+,57-,58+/m0/s1. The first-order valence-corrected chi connectivity index (χ1v) is 30.4. The fourth-order valence-corrected chi connectivity index (χ4v) is 18.2. The molecule has 34 atom stereocenters. The van der Waals surface area contributed by atoms with Crippen LogP contribution in [-0.4, -0.2) is 287 Å². The molecule has 11 rings (SSSR count). The Labute approximate surface area is 493 Å². The molecule has 0 aromatic rings. The largest absolute Gasteiger partial charge is 0.396 e. The van der Waals surface area contributed by atoms with Crippen LogP contribution in [-0.2, 0) is 52.1 Å². The third-order valence-corrected chi connectivity index (χ3v) is 23.2. The van der Waals surface area contributed by atoms with Crippen LogP contribution in [0.25, 0.3) is 0 Å². The molecule has 0 radical (unpaired) electrons. The van der Waals surface area contributed by atoms with Crippen LogP contribution in [0, 0.1) is 50.2 Å². The SMILES string of the molecule is CC1(C)CC2C3=CC[C@@H]4[C@@]5(C)CC[C@H](O[C@@H]6OC[C@@H](O[C@@H]7O[C@H](CO)[C@@H](O)[C@H](O)[C@H]7O[C@@H]7OC[C@H](O)[C@H](O)[C@H]7O)[C@H](O)[C@H]6O[C@@H]6O[C@H](CO)[C@@H](O)[C@H](O)[C@H]6O)C(C)(C)[C@@H]5CC[C@@]4(C)[C@]3(C)[C@H]3O[C@H]3[C@@]2(CO)[C@@H](O[C@@H]2O[C@H](CO)[C@@H](O)[C@H](O)[C@H]2O)C1. The Morgan fingerprint density at radius 3 is 1.64 bits per heavy atom. The van der Waals surface area contributed by atoms with Gasteiger partial charge < -0.3 is 134 Å². The van der Waals surface area contributed by atoms with Crippen molar-refractivity contribution in [1.29, 1.82) is 0 Å². The summed E-state index contributed by atoms with van der Waals surface area (Å²) in [6, 6.07) is 0. The monoisotopic (exact) mass is 1220 g/mol. The normalized spacial score (nSPS) is 56.3. The molecule has 0 bridgehead atoms. The lowest BCUT2D eigenvalue weighted by molar-refractivity contribution is -0.392. The van der Waals surface area contributed by atoms with Gasteiger partial charge in [0.05, 0.1) is 69.5 Å². The molecule has 10 fully saturated rings. The molecule has 5 aliphatic carbocycles. The zero-order valence-electron chi connectivity index (χ0n) is 49.2. The van der Waals surface area contributed by atoms with Gasteiger partial charge in [0.1, 0.15) is 110 Å². The van der Waals surface area contributed by atoms with Crippen molar-refractivity contribution in [1.82, 2.24) is 0 Å². The van der Waals surface area contributed by atoms with Crippen molar-refractivity contribution in [2.75, 3.05) is 39.6 Å². The molecule has 6 aliphatic heterocycles. The lowest BCUT2D eigenvalue weighted by Crippen LogP contribution is -2.69. The topological polar surface area (TPSA) is 429 Å². The average Bonchev–Trinajstić information content (AvgIpc) is 1.55. The summed E-state index contributed by atoms with van der Waals surface area (Å²) in [5.41, 5.74) is -1.74. The predicted molar refractivity (Wildman–Crippen MR) is 284 cm³/mol. The zero-order chi connectivity index (χ0) is 61.6. The Bertz CT molecular complexity index is 2370. The molecule has 488 valence electrons. The van der Waals surface area contributed by atoms with Gasteiger partial charge in [0.25, 0.3) is 0 Å². The van der Waals surface area contributed by atoms with Crippen molar-refractivity contribution in [2.24, 2.45) is 50.2 Å². The molecule has 11 aliphatic rings. The Morgan fingerprint density at radius 1 is 0.482 bits per heavy atom. The highest BCUT2D eigenvalue weighted by Gasteiger charge is 2.80. The quantitative estimate of drug-likeness (QED) is 0.0443. The molecule has 0 amide bonds. The second kappa shape index (κ2) is 23.7. The van der Waals surface area contributed by atoms with Crippen molar-refractivity contribution in [2.45, 2.75) is 259 Å². The summed E-state index contributed by atoms with van der Waals surface area (Å²) in [7, 11) is 0. The Balaban J connectivity index is 0.847. The first-order valence-electron chi connectivity index (χ1n) is 30.4. The van der Waals surface area contributed by atoms with E-state index in [1.54, 1.807) is 0 Å². The van der Waals surface area contributed by atoms with Crippen molar-refractivity contribution < 1.29 is 134 Å². The van der Waals surface area contributed by atoms with Gasteiger partial charge in [-0.15, -0.1) is 0 Å². The van der Waals surface area contributed by atoms with Gasteiger partial charge in [0.15, 0.2) is 31.5 Å². The Morgan fingerprint density at radius 2 is 1.02 bits per heavy atom. The number of aliphatic hydroxyl groups excluding tert-OH is 16. The summed E-state index contributed by atoms with van der Waals surface area (Å²) in [6.07, 6.45) is -32.8. The number of allylic oxidation sites excluding steroid dienone is 1. The summed E-state index contributed by atoms with van der Waals surface area (Å²) in [4.78, 5) is 0. The number of aliphatic hydroxyl groups is 16. The molecule has 27 nitrogen and oxygen atoms in total. The third-order valence-electron chi connectivity index (χ3n) is 23.2. The number of hydrogen-bond donors (Lipinski definition) is 16. The van der Waals surface area contributed by atoms with Gasteiger partial charge in [-0.1, -0.05) is 60.1 Å². The van der Waals surface area contributed by atoms with E-state index in [2.05, 4.69) is 54.5 Å². The summed E-state index contributed by atoms with van der Waals surface area (Å²) in [5, 5.41) is 173. The van der Waals surface area contributed by atoms with Crippen molar-refractivity contribution >= 4 is 0 Å². The smallest absolute Gasteiger partial charge is 0.187 e.